The lowest BCUT2D eigenvalue weighted by Gasteiger charge is -2.06. The first-order valence-electron chi connectivity index (χ1n) is 6.69. The summed E-state index contributed by atoms with van der Waals surface area (Å²) in [5.41, 5.74) is 0.824. The Bertz CT molecular complexity index is 932. The maximum Gasteiger partial charge on any atom is 0.335 e. The third-order valence-corrected chi connectivity index (χ3v) is 4.49. The molecule has 3 N–H and O–H groups in total. The summed E-state index contributed by atoms with van der Waals surface area (Å²) >= 11 is 1.39. The fraction of sp³-hybridized carbons (Fsp3) is 0.125. The van der Waals surface area contributed by atoms with Gasteiger partial charge in [-0.15, -0.1) is 11.3 Å². The van der Waals surface area contributed by atoms with Gasteiger partial charge in [0.2, 0.25) is 0 Å². The molecule has 0 aliphatic heterocycles. The van der Waals surface area contributed by atoms with Gasteiger partial charge in [0.1, 0.15) is 0 Å². The van der Waals surface area contributed by atoms with Crippen LogP contribution in [0.25, 0.3) is 20.2 Å². The summed E-state index contributed by atoms with van der Waals surface area (Å²) in [5.74, 6) is -1.01. The van der Waals surface area contributed by atoms with E-state index in [2.05, 4.69) is 5.32 Å². The Morgan fingerprint density at radius 2 is 1.91 bits per heavy atom. The molecule has 1 aromatic heterocycles. The number of benzene rings is 2. The van der Waals surface area contributed by atoms with Gasteiger partial charge in [0.25, 0.3) is 0 Å². The summed E-state index contributed by atoms with van der Waals surface area (Å²) in [6.45, 7) is 0.430. The normalized spacial score (nSPS) is 11.0. The van der Waals surface area contributed by atoms with Crippen LogP contribution in [0.2, 0.25) is 0 Å². The molecule has 22 heavy (non-hydrogen) atoms. The van der Waals surface area contributed by atoms with Gasteiger partial charge in [-0.25, -0.2) is 4.79 Å². The molecule has 3 rings (SSSR count). The van der Waals surface area contributed by atoms with Crippen molar-refractivity contribution in [3.8, 4) is 0 Å². The molecule has 0 radical (unpaired) electrons. The molecule has 5 nitrogen and oxygen atoms in total. The highest BCUT2D eigenvalue weighted by Crippen LogP contribution is 2.27. The molecule has 0 atom stereocenters. The molecule has 2 aromatic carbocycles. The largest absolute Gasteiger partial charge is 0.478 e. The standard InChI is InChI=1S/C16H13NO4S/c18-6-5-17-10-2-4-13-12(8-10)15(19)11-3-1-9(16(20)21)7-14(11)22-13/h1-4,7-8,17-18H,5-6H2,(H,20,21). The van der Waals surface area contributed by atoms with E-state index in [1.165, 1.54) is 23.5 Å². The van der Waals surface area contributed by atoms with Crippen LogP contribution < -0.4 is 10.7 Å². The van der Waals surface area contributed by atoms with Crippen molar-refractivity contribution in [1.29, 1.82) is 0 Å². The predicted octanol–water partition coefficient (Wildman–Crippen LogP) is 2.52. The first kappa shape index (κ1) is 14.5. The molecule has 0 amide bonds. The Morgan fingerprint density at radius 3 is 2.64 bits per heavy atom. The Balaban J connectivity index is 2.22. The van der Waals surface area contributed by atoms with Gasteiger partial charge in [0, 0.05) is 32.4 Å². The number of nitrogens with one attached hydrogen (secondary N) is 1. The van der Waals surface area contributed by atoms with E-state index in [1.54, 1.807) is 12.1 Å². The van der Waals surface area contributed by atoms with E-state index >= 15 is 0 Å². The maximum absolute atomic E-state index is 12.6. The number of carbonyl (C=O) groups is 1. The van der Waals surface area contributed by atoms with Gasteiger partial charge in [-0.2, -0.15) is 0 Å². The minimum absolute atomic E-state index is 0.0145. The van der Waals surface area contributed by atoms with Gasteiger partial charge in [0.05, 0.1) is 12.2 Å². The van der Waals surface area contributed by atoms with E-state index in [9.17, 15) is 9.59 Å². The summed E-state index contributed by atoms with van der Waals surface area (Å²) in [7, 11) is 0. The predicted molar refractivity (Wildman–Crippen MR) is 88.1 cm³/mol. The Labute approximate surface area is 129 Å². The molecule has 0 aliphatic rings. The van der Waals surface area contributed by atoms with Crippen LogP contribution in [0, 0.1) is 0 Å². The molecule has 3 aromatic rings. The zero-order chi connectivity index (χ0) is 15.7. The molecule has 6 heteroatoms. The van der Waals surface area contributed by atoms with Crippen molar-refractivity contribution in [2.75, 3.05) is 18.5 Å². The fourth-order valence-electron chi connectivity index (χ4n) is 2.30. The lowest BCUT2D eigenvalue weighted by atomic mass is 10.1. The van der Waals surface area contributed by atoms with Gasteiger partial charge >= 0.3 is 5.97 Å². The number of anilines is 1. The average molecular weight is 315 g/mol. The minimum Gasteiger partial charge on any atom is -0.478 e. The fourth-order valence-corrected chi connectivity index (χ4v) is 3.39. The number of rotatable bonds is 4. The smallest absolute Gasteiger partial charge is 0.335 e. The SMILES string of the molecule is O=C(O)c1ccc2c(=O)c3cc(NCCO)ccc3sc2c1. The molecular weight excluding hydrogens is 302 g/mol. The second kappa shape index (κ2) is 5.75. The summed E-state index contributed by atoms with van der Waals surface area (Å²) in [6.07, 6.45) is 0. The van der Waals surface area contributed by atoms with Crippen molar-refractivity contribution >= 4 is 43.2 Å². The summed E-state index contributed by atoms with van der Waals surface area (Å²) in [4.78, 5) is 23.6. The van der Waals surface area contributed by atoms with E-state index in [0.717, 1.165) is 10.4 Å². The van der Waals surface area contributed by atoms with Crippen molar-refractivity contribution in [1.82, 2.24) is 0 Å². The maximum atomic E-state index is 12.6. The summed E-state index contributed by atoms with van der Waals surface area (Å²) in [5, 5.41) is 22.0. The van der Waals surface area contributed by atoms with Crippen LogP contribution in [0.15, 0.2) is 41.2 Å². The van der Waals surface area contributed by atoms with Crippen molar-refractivity contribution in [3.63, 3.8) is 0 Å². The number of hydrogen-bond acceptors (Lipinski definition) is 5. The van der Waals surface area contributed by atoms with Crippen molar-refractivity contribution < 1.29 is 15.0 Å². The van der Waals surface area contributed by atoms with E-state index in [0.29, 0.717) is 22.0 Å². The zero-order valence-electron chi connectivity index (χ0n) is 11.5. The second-order valence-electron chi connectivity index (χ2n) is 4.81. The van der Waals surface area contributed by atoms with Crippen LogP contribution in [0.4, 0.5) is 5.69 Å². The molecule has 0 fully saturated rings. The van der Waals surface area contributed by atoms with E-state index in [1.807, 2.05) is 12.1 Å². The highest BCUT2D eigenvalue weighted by Gasteiger charge is 2.10. The molecule has 0 aliphatic carbocycles. The Kier molecular flexibility index (Phi) is 3.79. The van der Waals surface area contributed by atoms with Crippen LogP contribution >= 0.6 is 11.3 Å². The molecule has 112 valence electrons. The quantitative estimate of drug-likeness (QED) is 0.644. The minimum atomic E-state index is -1.01. The topological polar surface area (TPSA) is 86.6 Å². The average Bonchev–Trinajstić information content (AvgIpc) is 2.52. The number of carboxylic acids is 1. The zero-order valence-corrected chi connectivity index (χ0v) is 12.3. The van der Waals surface area contributed by atoms with E-state index in [-0.39, 0.29) is 17.6 Å². The van der Waals surface area contributed by atoms with Crippen LogP contribution in [0.1, 0.15) is 10.4 Å². The lowest BCUT2D eigenvalue weighted by Crippen LogP contribution is -2.07. The molecule has 0 unspecified atom stereocenters. The van der Waals surface area contributed by atoms with Crippen molar-refractivity contribution in [2.45, 2.75) is 0 Å². The first-order chi connectivity index (χ1) is 10.6. The third-order valence-electron chi connectivity index (χ3n) is 3.36. The van der Waals surface area contributed by atoms with Gasteiger partial charge in [-0.05, 0) is 36.4 Å². The van der Waals surface area contributed by atoms with E-state index in [4.69, 9.17) is 10.2 Å². The Hall–Kier alpha value is -2.44. The molecular formula is C16H13NO4S. The van der Waals surface area contributed by atoms with Crippen molar-refractivity contribution in [2.24, 2.45) is 0 Å². The summed E-state index contributed by atoms with van der Waals surface area (Å²) in [6, 6.07) is 9.95. The second-order valence-corrected chi connectivity index (χ2v) is 5.89. The molecule has 1 heterocycles. The number of aromatic carboxylic acids is 1. The lowest BCUT2D eigenvalue weighted by molar-refractivity contribution is 0.0697. The molecule has 0 saturated carbocycles. The van der Waals surface area contributed by atoms with Gasteiger partial charge in [-0.1, -0.05) is 0 Å². The molecule has 0 saturated heterocycles. The van der Waals surface area contributed by atoms with Crippen molar-refractivity contribution in [3.05, 3.63) is 52.2 Å². The van der Waals surface area contributed by atoms with Gasteiger partial charge < -0.3 is 15.5 Å². The number of fused-ring (bicyclic) bond motifs is 2. The number of aliphatic hydroxyl groups excluding tert-OH is 1. The number of hydrogen-bond donors (Lipinski definition) is 3. The van der Waals surface area contributed by atoms with Gasteiger partial charge in [0.15, 0.2) is 5.43 Å². The molecule has 0 bridgehead atoms. The van der Waals surface area contributed by atoms with Crippen LogP contribution in [0.3, 0.4) is 0 Å². The highest BCUT2D eigenvalue weighted by atomic mass is 32.1. The summed E-state index contributed by atoms with van der Waals surface area (Å²) < 4.78 is 1.46. The number of aliphatic hydroxyl groups is 1. The number of carboxylic acid groups (broad SMARTS) is 1. The van der Waals surface area contributed by atoms with E-state index < -0.39 is 5.97 Å². The monoisotopic (exact) mass is 315 g/mol. The highest BCUT2D eigenvalue weighted by molar-refractivity contribution is 7.24. The van der Waals surface area contributed by atoms with Crippen LogP contribution in [0.5, 0.6) is 0 Å². The first-order valence-corrected chi connectivity index (χ1v) is 7.50. The van der Waals surface area contributed by atoms with Gasteiger partial charge in [-0.3, -0.25) is 4.79 Å². The van der Waals surface area contributed by atoms with Crippen LogP contribution in [-0.4, -0.2) is 29.3 Å². The molecule has 0 spiro atoms. The third kappa shape index (κ3) is 2.54. The Morgan fingerprint density at radius 1 is 1.09 bits per heavy atom. The van der Waals surface area contributed by atoms with Crippen LogP contribution in [-0.2, 0) is 0 Å².